The number of nitriles is 1. The SMILES string of the molecule is CC(C)(C)OC(=O)N1CCSCC(C(=O)NCC#N)C1.Cc1ccc(-c2ccc(OC=O)c(N(C)C)c2)cc1. The third kappa shape index (κ3) is 10.5. The van der Waals surface area contributed by atoms with Gasteiger partial charge in [-0.25, -0.2) is 4.79 Å². The summed E-state index contributed by atoms with van der Waals surface area (Å²) in [6.45, 7) is 8.86. The molecule has 0 bridgehead atoms. The lowest BCUT2D eigenvalue weighted by atomic mass is 10.0. The third-order valence-corrected chi connectivity index (χ3v) is 6.74. The van der Waals surface area contributed by atoms with Crippen molar-refractivity contribution in [1.82, 2.24) is 10.2 Å². The van der Waals surface area contributed by atoms with Gasteiger partial charge in [0.25, 0.3) is 6.47 Å². The first-order valence-corrected chi connectivity index (χ1v) is 13.8. The molecule has 1 fully saturated rings. The first kappa shape index (κ1) is 31.5. The van der Waals surface area contributed by atoms with E-state index in [-0.39, 0.29) is 18.4 Å². The van der Waals surface area contributed by atoms with Crippen LogP contribution in [-0.4, -0.2) is 74.2 Å². The molecule has 210 valence electrons. The fourth-order valence-electron chi connectivity index (χ4n) is 3.68. The summed E-state index contributed by atoms with van der Waals surface area (Å²) in [4.78, 5) is 38.0. The van der Waals surface area contributed by atoms with E-state index in [1.54, 1.807) is 16.7 Å². The van der Waals surface area contributed by atoms with Crippen LogP contribution in [0.25, 0.3) is 11.1 Å². The van der Waals surface area contributed by atoms with Crippen LogP contribution < -0.4 is 15.0 Å². The highest BCUT2D eigenvalue weighted by molar-refractivity contribution is 7.99. The molecule has 0 spiro atoms. The van der Waals surface area contributed by atoms with Crippen LogP contribution in [0.5, 0.6) is 5.75 Å². The van der Waals surface area contributed by atoms with Gasteiger partial charge in [0, 0.05) is 38.7 Å². The van der Waals surface area contributed by atoms with E-state index in [2.05, 4.69) is 36.5 Å². The van der Waals surface area contributed by atoms with Crippen LogP contribution in [0.2, 0.25) is 0 Å². The molecule has 1 atom stereocenters. The van der Waals surface area contributed by atoms with Crippen LogP contribution in [-0.2, 0) is 14.3 Å². The molecule has 39 heavy (non-hydrogen) atoms. The van der Waals surface area contributed by atoms with Gasteiger partial charge in [0.15, 0.2) is 5.75 Å². The molecule has 2 aromatic rings. The minimum Gasteiger partial charge on any atom is -0.444 e. The summed E-state index contributed by atoms with van der Waals surface area (Å²) in [6, 6.07) is 16.0. The number of hydrogen-bond donors (Lipinski definition) is 1. The summed E-state index contributed by atoms with van der Waals surface area (Å²) < 4.78 is 10.3. The van der Waals surface area contributed by atoms with E-state index in [1.165, 1.54) is 5.56 Å². The number of ether oxygens (including phenoxy) is 2. The lowest BCUT2D eigenvalue weighted by Crippen LogP contribution is -2.43. The molecule has 10 heteroatoms. The summed E-state index contributed by atoms with van der Waals surface area (Å²) in [5.41, 5.74) is 3.81. The Morgan fingerprint density at radius 1 is 1.18 bits per heavy atom. The zero-order valence-electron chi connectivity index (χ0n) is 23.5. The Kier molecular flexibility index (Phi) is 12.1. The zero-order chi connectivity index (χ0) is 29.0. The van der Waals surface area contributed by atoms with Gasteiger partial charge in [0.2, 0.25) is 5.91 Å². The van der Waals surface area contributed by atoms with Gasteiger partial charge in [-0.1, -0.05) is 35.9 Å². The minimum absolute atomic E-state index is 0.00750. The van der Waals surface area contributed by atoms with E-state index in [0.717, 1.165) is 22.6 Å². The summed E-state index contributed by atoms with van der Waals surface area (Å²) in [5, 5.41) is 11.0. The highest BCUT2D eigenvalue weighted by Gasteiger charge is 2.29. The number of carbonyl (C=O) groups excluding carboxylic acids is 3. The molecular weight excluding hydrogens is 516 g/mol. The molecule has 1 N–H and O–H groups in total. The van der Waals surface area contributed by atoms with Crippen LogP contribution in [0.3, 0.4) is 0 Å². The quantitative estimate of drug-likeness (QED) is 0.411. The lowest BCUT2D eigenvalue weighted by molar-refractivity contribution is -0.124. The third-order valence-electron chi connectivity index (χ3n) is 5.63. The predicted octanol–water partition coefficient (Wildman–Crippen LogP) is 4.49. The number of carbonyl (C=O) groups is 3. The van der Waals surface area contributed by atoms with Gasteiger partial charge in [0.1, 0.15) is 12.1 Å². The topological polar surface area (TPSA) is 112 Å². The molecule has 9 nitrogen and oxygen atoms in total. The van der Waals surface area contributed by atoms with E-state index in [4.69, 9.17) is 14.7 Å². The van der Waals surface area contributed by atoms with Crippen LogP contribution >= 0.6 is 11.8 Å². The van der Waals surface area contributed by atoms with Crippen LogP contribution in [0.4, 0.5) is 10.5 Å². The second kappa shape index (κ2) is 15.0. The molecular formula is C29H38N4O5S. The molecule has 2 aromatic carbocycles. The monoisotopic (exact) mass is 554 g/mol. The normalized spacial score (nSPS) is 15.0. The Morgan fingerprint density at radius 3 is 2.44 bits per heavy atom. The maximum Gasteiger partial charge on any atom is 0.410 e. The fourth-order valence-corrected chi connectivity index (χ4v) is 4.73. The fraction of sp³-hybridized carbons (Fsp3) is 0.448. The molecule has 0 aromatic heterocycles. The molecule has 0 aliphatic carbocycles. The number of nitrogens with zero attached hydrogens (tertiary/aromatic N) is 3. The van der Waals surface area contributed by atoms with Crippen LogP contribution in [0, 0.1) is 24.2 Å². The van der Waals surface area contributed by atoms with Gasteiger partial charge in [0.05, 0.1) is 17.7 Å². The largest absolute Gasteiger partial charge is 0.444 e. The molecule has 1 aliphatic heterocycles. The number of anilines is 1. The number of benzene rings is 2. The standard InChI is InChI=1S/C16H17NO2.C13H21N3O3S/c1-12-4-6-13(7-5-12)14-8-9-16(19-11-18)15(10-14)17(2)3;1-13(2,3)19-12(18)16-6-7-20-9-10(8-16)11(17)15-5-4-14/h4-11H,1-3H3;10H,5-9H2,1-3H3,(H,15,17). The number of nitrogens with one attached hydrogen (secondary N) is 1. The van der Waals surface area contributed by atoms with Crippen LogP contribution in [0.1, 0.15) is 26.3 Å². The Hall–Kier alpha value is -3.71. The summed E-state index contributed by atoms with van der Waals surface area (Å²) >= 11 is 1.63. The van der Waals surface area contributed by atoms with Crippen molar-refractivity contribution in [2.45, 2.75) is 33.3 Å². The Bertz CT molecular complexity index is 1160. The summed E-state index contributed by atoms with van der Waals surface area (Å²) in [7, 11) is 3.85. The van der Waals surface area contributed by atoms with Crippen molar-refractivity contribution >= 4 is 35.9 Å². The smallest absolute Gasteiger partial charge is 0.410 e. The van der Waals surface area contributed by atoms with E-state index in [9.17, 15) is 14.4 Å². The van der Waals surface area contributed by atoms with Crippen molar-refractivity contribution in [3.8, 4) is 22.9 Å². The minimum atomic E-state index is -0.547. The maximum atomic E-state index is 12.1. The molecule has 0 saturated carbocycles. The molecule has 1 aliphatic rings. The number of rotatable bonds is 6. The van der Waals surface area contributed by atoms with Crippen molar-refractivity contribution in [3.63, 3.8) is 0 Å². The van der Waals surface area contributed by atoms with Gasteiger partial charge >= 0.3 is 6.09 Å². The second-order valence-corrected chi connectivity index (χ2v) is 11.4. The Morgan fingerprint density at radius 2 is 1.85 bits per heavy atom. The molecule has 3 rings (SSSR count). The Labute approximate surface area is 235 Å². The number of thioether (sulfide) groups is 1. The van der Waals surface area contributed by atoms with E-state index < -0.39 is 11.7 Å². The summed E-state index contributed by atoms with van der Waals surface area (Å²) in [5.74, 6) is 1.51. The average molecular weight is 555 g/mol. The van der Waals surface area contributed by atoms with Crippen molar-refractivity contribution < 1.29 is 23.9 Å². The molecule has 1 heterocycles. The molecule has 2 amide bonds. The van der Waals surface area contributed by atoms with Crippen molar-refractivity contribution in [2.75, 3.05) is 50.1 Å². The van der Waals surface area contributed by atoms with Gasteiger partial charge in [-0.2, -0.15) is 17.0 Å². The summed E-state index contributed by atoms with van der Waals surface area (Å²) in [6.07, 6.45) is -0.391. The second-order valence-electron chi connectivity index (χ2n) is 10.2. The number of aryl methyl sites for hydroxylation is 1. The van der Waals surface area contributed by atoms with Crippen molar-refractivity contribution in [3.05, 3.63) is 48.0 Å². The average Bonchev–Trinajstić information content (AvgIpc) is 3.14. The van der Waals surface area contributed by atoms with Crippen LogP contribution in [0.15, 0.2) is 42.5 Å². The van der Waals surface area contributed by atoms with Gasteiger partial charge in [-0.3, -0.25) is 9.59 Å². The van der Waals surface area contributed by atoms with Gasteiger partial charge in [-0.15, -0.1) is 0 Å². The highest BCUT2D eigenvalue weighted by Crippen LogP contribution is 2.32. The first-order valence-electron chi connectivity index (χ1n) is 12.6. The number of hydrogen-bond acceptors (Lipinski definition) is 8. The molecule has 0 radical (unpaired) electrons. The molecule has 1 unspecified atom stereocenters. The highest BCUT2D eigenvalue weighted by atomic mass is 32.2. The van der Waals surface area contributed by atoms with Crippen molar-refractivity contribution in [2.24, 2.45) is 5.92 Å². The number of amides is 2. The van der Waals surface area contributed by atoms with E-state index >= 15 is 0 Å². The van der Waals surface area contributed by atoms with Gasteiger partial charge < -0.3 is 24.6 Å². The predicted molar refractivity (Wildman–Crippen MR) is 155 cm³/mol. The van der Waals surface area contributed by atoms with Gasteiger partial charge in [-0.05, 0) is 51.0 Å². The van der Waals surface area contributed by atoms with Crippen molar-refractivity contribution in [1.29, 1.82) is 5.26 Å². The lowest BCUT2D eigenvalue weighted by Gasteiger charge is -2.27. The Balaban J connectivity index is 0.000000274. The maximum absolute atomic E-state index is 12.1. The zero-order valence-corrected chi connectivity index (χ0v) is 24.3. The van der Waals surface area contributed by atoms with E-state index in [1.807, 2.05) is 64.0 Å². The first-order chi connectivity index (χ1) is 18.4. The van der Waals surface area contributed by atoms with E-state index in [0.29, 0.717) is 31.1 Å². The molecule has 1 saturated heterocycles.